The molecular formula is C9H20N2O3S. The molecule has 0 spiro atoms. The van der Waals surface area contributed by atoms with E-state index in [1.165, 1.54) is 0 Å². The zero-order chi connectivity index (χ0) is 11.1. The van der Waals surface area contributed by atoms with Crippen LogP contribution in [0.5, 0.6) is 0 Å². The Labute approximate surface area is 93.7 Å². The topological polar surface area (TPSA) is 53.0 Å². The van der Waals surface area contributed by atoms with Crippen molar-refractivity contribution in [1.82, 2.24) is 9.80 Å². The van der Waals surface area contributed by atoms with Crippen LogP contribution in [0.3, 0.4) is 0 Å². The van der Waals surface area contributed by atoms with Gasteiger partial charge in [0.1, 0.15) is 0 Å². The maximum Gasteiger partial charge on any atom is 0.154 e. The summed E-state index contributed by atoms with van der Waals surface area (Å²) in [4.78, 5) is 4.59. The van der Waals surface area contributed by atoms with Crippen LogP contribution in [0.4, 0.5) is 0 Å². The van der Waals surface area contributed by atoms with Crippen molar-refractivity contribution in [3.63, 3.8) is 0 Å². The van der Waals surface area contributed by atoms with Crippen LogP contribution in [0.15, 0.2) is 0 Å². The van der Waals surface area contributed by atoms with Crippen molar-refractivity contribution in [1.29, 1.82) is 0 Å². The van der Waals surface area contributed by atoms with Gasteiger partial charge in [0.25, 0.3) is 0 Å². The van der Waals surface area contributed by atoms with Gasteiger partial charge in [-0.05, 0) is 0 Å². The predicted molar refractivity (Wildman–Crippen MR) is 60.4 cm³/mol. The van der Waals surface area contributed by atoms with Gasteiger partial charge in [0.2, 0.25) is 0 Å². The van der Waals surface area contributed by atoms with Gasteiger partial charge in [0, 0.05) is 46.4 Å². The Morgan fingerprint density at radius 2 is 1.73 bits per heavy atom. The van der Waals surface area contributed by atoms with Gasteiger partial charge in [0.05, 0.1) is 12.4 Å². The summed E-state index contributed by atoms with van der Waals surface area (Å²) in [6, 6.07) is 0. The van der Waals surface area contributed by atoms with E-state index in [2.05, 4.69) is 9.80 Å². The lowest BCUT2D eigenvalue weighted by molar-refractivity contribution is 0.0998. The Kier molecular flexibility index (Phi) is 6.35. The fourth-order valence-corrected chi connectivity index (χ4v) is 2.08. The molecule has 90 valence electrons. The molecule has 1 aliphatic heterocycles. The molecule has 1 unspecified atom stereocenters. The number of piperazine rings is 1. The molecule has 5 nitrogen and oxygen atoms in total. The highest BCUT2D eigenvalue weighted by Gasteiger charge is 2.16. The second-order valence-electron chi connectivity index (χ2n) is 3.70. The number of rotatable bonds is 6. The number of nitrogens with zero attached hydrogens (tertiary/aromatic N) is 2. The molecule has 0 aromatic carbocycles. The molecule has 0 aromatic rings. The first kappa shape index (κ1) is 13.1. The van der Waals surface area contributed by atoms with Crippen molar-refractivity contribution < 1.29 is 13.5 Å². The van der Waals surface area contributed by atoms with Gasteiger partial charge >= 0.3 is 0 Å². The SMILES string of the molecule is COCCN1CCN(CCS(=O)O)CC1. The molecule has 15 heavy (non-hydrogen) atoms. The Bertz CT molecular complexity index is 196. The molecule has 1 heterocycles. The van der Waals surface area contributed by atoms with Crippen LogP contribution < -0.4 is 0 Å². The van der Waals surface area contributed by atoms with Crippen LogP contribution in [0.1, 0.15) is 0 Å². The zero-order valence-electron chi connectivity index (χ0n) is 9.22. The third-order valence-electron chi connectivity index (χ3n) is 2.66. The first-order valence-electron chi connectivity index (χ1n) is 5.23. The lowest BCUT2D eigenvalue weighted by Gasteiger charge is -2.34. The van der Waals surface area contributed by atoms with Crippen LogP contribution in [-0.2, 0) is 15.8 Å². The molecule has 1 fully saturated rings. The third kappa shape index (κ3) is 5.58. The smallest absolute Gasteiger partial charge is 0.154 e. The Hall–Kier alpha value is -0.0100. The van der Waals surface area contributed by atoms with E-state index in [1.807, 2.05) is 0 Å². The fourth-order valence-electron chi connectivity index (χ4n) is 1.66. The molecule has 6 heteroatoms. The largest absolute Gasteiger partial charge is 0.383 e. The Morgan fingerprint density at radius 1 is 1.20 bits per heavy atom. The first-order valence-corrected chi connectivity index (χ1v) is 6.51. The lowest BCUT2D eigenvalue weighted by Crippen LogP contribution is -2.48. The minimum Gasteiger partial charge on any atom is -0.383 e. The molecule has 1 rings (SSSR count). The number of hydrogen-bond donors (Lipinski definition) is 1. The van der Waals surface area contributed by atoms with Gasteiger partial charge in [-0.1, -0.05) is 0 Å². The summed E-state index contributed by atoms with van der Waals surface area (Å²) in [5, 5.41) is 0. The molecular weight excluding hydrogens is 216 g/mol. The van der Waals surface area contributed by atoms with Crippen molar-refractivity contribution >= 4 is 11.1 Å². The second-order valence-corrected chi connectivity index (χ2v) is 4.75. The van der Waals surface area contributed by atoms with E-state index in [1.54, 1.807) is 7.11 Å². The van der Waals surface area contributed by atoms with Gasteiger partial charge in [-0.3, -0.25) is 9.80 Å². The lowest BCUT2D eigenvalue weighted by atomic mass is 10.3. The summed E-state index contributed by atoms with van der Waals surface area (Å²) in [5.41, 5.74) is 0. The molecule has 0 aromatic heterocycles. The van der Waals surface area contributed by atoms with Crippen LogP contribution in [0.2, 0.25) is 0 Å². The van der Waals surface area contributed by atoms with Gasteiger partial charge < -0.3 is 9.29 Å². The highest BCUT2D eigenvalue weighted by Crippen LogP contribution is 2.01. The minimum atomic E-state index is -1.66. The van der Waals surface area contributed by atoms with Crippen LogP contribution in [0.25, 0.3) is 0 Å². The molecule has 1 N–H and O–H groups in total. The monoisotopic (exact) mass is 236 g/mol. The molecule has 0 saturated carbocycles. The predicted octanol–water partition coefficient (Wildman–Crippen LogP) is -0.528. The molecule has 1 atom stereocenters. The molecule has 1 aliphatic rings. The van der Waals surface area contributed by atoms with Gasteiger partial charge in [-0.2, -0.15) is 0 Å². The average Bonchev–Trinajstić information content (AvgIpc) is 2.25. The van der Waals surface area contributed by atoms with Crippen molar-refractivity contribution in [3.8, 4) is 0 Å². The quantitative estimate of drug-likeness (QED) is 0.629. The molecule has 0 radical (unpaired) electrons. The summed E-state index contributed by atoms with van der Waals surface area (Å²) in [5.74, 6) is 0.359. The molecule has 0 amide bonds. The van der Waals surface area contributed by atoms with Crippen molar-refractivity contribution in [2.75, 3.05) is 58.7 Å². The maximum atomic E-state index is 10.5. The number of methoxy groups -OCH3 is 1. The summed E-state index contributed by atoms with van der Waals surface area (Å²) < 4.78 is 24.2. The average molecular weight is 236 g/mol. The maximum absolute atomic E-state index is 10.5. The van der Waals surface area contributed by atoms with Crippen LogP contribution in [0, 0.1) is 0 Å². The number of ether oxygens (including phenoxy) is 1. The van der Waals surface area contributed by atoms with Gasteiger partial charge in [-0.15, -0.1) is 0 Å². The fraction of sp³-hybridized carbons (Fsp3) is 1.00. The van der Waals surface area contributed by atoms with E-state index < -0.39 is 11.1 Å². The third-order valence-corrected chi connectivity index (χ3v) is 3.19. The van der Waals surface area contributed by atoms with Crippen molar-refractivity contribution in [2.45, 2.75) is 0 Å². The van der Waals surface area contributed by atoms with Crippen LogP contribution in [-0.4, -0.2) is 77.3 Å². The van der Waals surface area contributed by atoms with E-state index in [9.17, 15) is 4.21 Å². The van der Waals surface area contributed by atoms with E-state index in [0.717, 1.165) is 45.9 Å². The zero-order valence-corrected chi connectivity index (χ0v) is 10.0. The van der Waals surface area contributed by atoms with Gasteiger partial charge in [-0.25, -0.2) is 4.21 Å². The highest BCUT2D eigenvalue weighted by molar-refractivity contribution is 7.79. The Balaban J connectivity index is 2.09. The molecule has 0 aliphatic carbocycles. The standard InChI is InChI=1S/C9H20N2O3S/c1-14-8-6-10-2-4-11(5-3-10)7-9-15(12)13/h2-9H2,1H3,(H,12,13). The second kappa shape index (κ2) is 7.29. The van der Waals surface area contributed by atoms with E-state index in [0.29, 0.717) is 5.75 Å². The first-order chi connectivity index (χ1) is 7.22. The minimum absolute atomic E-state index is 0.359. The summed E-state index contributed by atoms with van der Waals surface area (Å²) >= 11 is -1.66. The summed E-state index contributed by atoms with van der Waals surface area (Å²) in [6.45, 7) is 6.52. The molecule has 1 saturated heterocycles. The number of hydrogen-bond acceptors (Lipinski definition) is 4. The summed E-state index contributed by atoms with van der Waals surface area (Å²) in [6.07, 6.45) is 0. The molecule has 0 bridgehead atoms. The Morgan fingerprint density at radius 3 is 2.20 bits per heavy atom. The van der Waals surface area contributed by atoms with E-state index in [-0.39, 0.29) is 0 Å². The van der Waals surface area contributed by atoms with E-state index >= 15 is 0 Å². The van der Waals surface area contributed by atoms with Crippen molar-refractivity contribution in [3.05, 3.63) is 0 Å². The summed E-state index contributed by atoms with van der Waals surface area (Å²) in [7, 11) is 1.72. The highest BCUT2D eigenvalue weighted by atomic mass is 32.2. The van der Waals surface area contributed by atoms with Gasteiger partial charge in [0.15, 0.2) is 11.1 Å². The normalized spacial score (nSPS) is 21.7. The van der Waals surface area contributed by atoms with E-state index in [4.69, 9.17) is 9.29 Å². The van der Waals surface area contributed by atoms with Crippen LogP contribution >= 0.6 is 0 Å². The van der Waals surface area contributed by atoms with Crippen molar-refractivity contribution in [2.24, 2.45) is 0 Å².